The number of rotatable bonds is 12. The number of ether oxygens (including phenoxy) is 5. The zero-order chi connectivity index (χ0) is 30.6. The van der Waals surface area contributed by atoms with Gasteiger partial charge in [0.05, 0.1) is 26.9 Å². The fraction of sp³-hybridized carbons (Fsp3) is 0.658. The highest BCUT2D eigenvalue weighted by Gasteiger charge is 2.89. The van der Waals surface area contributed by atoms with Crippen molar-refractivity contribution in [1.29, 1.82) is 0 Å². The number of fused-ring (bicyclic) bond motifs is 2. The van der Waals surface area contributed by atoms with Crippen LogP contribution in [-0.2, 0) is 37.4 Å². The molecule has 0 aromatic heterocycles. The number of carbonyl (C=O) groups is 1. The quantitative estimate of drug-likeness (QED) is 0.284. The Morgan fingerprint density at radius 1 is 1.07 bits per heavy atom. The van der Waals surface area contributed by atoms with Crippen LogP contribution in [0.25, 0.3) is 0 Å². The van der Waals surface area contributed by atoms with Crippen LogP contribution in [0.4, 0.5) is 0 Å². The Labute approximate surface area is 266 Å². The maximum absolute atomic E-state index is 13.1. The molecule has 3 spiro atoms. The van der Waals surface area contributed by atoms with Crippen molar-refractivity contribution < 1.29 is 28.5 Å². The fourth-order valence-electron chi connectivity index (χ4n) is 12.4. The third kappa shape index (κ3) is 3.56. The Bertz CT molecular complexity index is 1510. The van der Waals surface area contributed by atoms with Gasteiger partial charge < -0.3 is 23.7 Å². The Balaban J connectivity index is 1.21. The summed E-state index contributed by atoms with van der Waals surface area (Å²) < 4.78 is 32.4. The smallest absolute Gasteiger partial charge is 0.305 e. The summed E-state index contributed by atoms with van der Waals surface area (Å²) in [4.78, 5) is 15.9. The van der Waals surface area contributed by atoms with Crippen LogP contribution in [-0.4, -0.2) is 69.1 Å². The minimum Gasteiger partial charge on any atom is -0.493 e. The second-order valence-corrected chi connectivity index (χ2v) is 15.3. The average molecular weight is 614 g/mol. The summed E-state index contributed by atoms with van der Waals surface area (Å²) in [6.45, 7) is 5.83. The molecule has 8 atom stereocenters. The van der Waals surface area contributed by atoms with E-state index in [1.165, 1.54) is 42.6 Å². The lowest BCUT2D eigenvalue weighted by Crippen LogP contribution is -2.80. The molecule has 1 saturated heterocycles. The van der Waals surface area contributed by atoms with E-state index in [0.717, 1.165) is 49.5 Å². The van der Waals surface area contributed by atoms with Crippen LogP contribution in [0.2, 0.25) is 0 Å². The maximum atomic E-state index is 13.1. The van der Waals surface area contributed by atoms with Gasteiger partial charge in [-0.1, -0.05) is 36.4 Å². The maximum Gasteiger partial charge on any atom is 0.305 e. The summed E-state index contributed by atoms with van der Waals surface area (Å²) in [5, 5.41) is 0. The van der Waals surface area contributed by atoms with Gasteiger partial charge in [-0.25, -0.2) is 0 Å². The highest BCUT2D eigenvalue weighted by molar-refractivity contribution is 5.70. The first-order chi connectivity index (χ1) is 22.0. The van der Waals surface area contributed by atoms with Gasteiger partial charge in [-0.2, -0.15) is 0 Å². The molecule has 4 bridgehead atoms. The summed E-state index contributed by atoms with van der Waals surface area (Å²) in [5.41, 5.74) is 3.52. The Morgan fingerprint density at radius 3 is 2.67 bits per heavy atom. The molecule has 2 heterocycles. The van der Waals surface area contributed by atoms with Gasteiger partial charge in [0.2, 0.25) is 0 Å². The van der Waals surface area contributed by atoms with E-state index in [1.54, 1.807) is 7.11 Å². The van der Waals surface area contributed by atoms with Crippen molar-refractivity contribution in [2.24, 2.45) is 28.6 Å². The lowest BCUT2D eigenvalue weighted by molar-refractivity contribution is -0.290. The lowest BCUT2D eigenvalue weighted by Gasteiger charge is -2.71. The molecule has 6 fully saturated rings. The summed E-state index contributed by atoms with van der Waals surface area (Å²) in [5.74, 6) is 2.86. The molecule has 2 aromatic carbocycles. The predicted molar refractivity (Wildman–Crippen MR) is 168 cm³/mol. The summed E-state index contributed by atoms with van der Waals surface area (Å²) in [7, 11) is 3.66. The van der Waals surface area contributed by atoms with Gasteiger partial charge in [-0.3, -0.25) is 9.69 Å². The molecule has 5 saturated carbocycles. The molecule has 0 amide bonds. The predicted octanol–water partition coefficient (Wildman–Crippen LogP) is 5.71. The van der Waals surface area contributed by atoms with Crippen LogP contribution < -0.4 is 9.47 Å². The average Bonchev–Trinajstić information content (AvgIpc) is 3.76. The third-order valence-electron chi connectivity index (χ3n) is 13.6. The first-order valence-electron chi connectivity index (χ1n) is 17.4. The first kappa shape index (κ1) is 28.6. The normalized spacial score (nSPS) is 39.5. The van der Waals surface area contributed by atoms with Crippen molar-refractivity contribution in [2.45, 2.75) is 88.1 Å². The number of methoxy groups -OCH3 is 2. The van der Waals surface area contributed by atoms with E-state index >= 15 is 0 Å². The molecule has 8 aliphatic rings. The zero-order valence-corrected chi connectivity index (χ0v) is 27.0. The van der Waals surface area contributed by atoms with E-state index in [9.17, 15) is 4.79 Å². The topological polar surface area (TPSA) is 66.5 Å². The minimum atomic E-state index is -0.525. The SMILES string of the molecule is CCOC(=O)CCC1C(COCc2ccccc2)C2(OC)CCC13C1N(CC4CC4)CC14Cc1ccc(OC)c5c1C3(C4)C2O5. The van der Waals surface area contributed by atoms with Crippen LogP contribution >= 0.6 is 0 Å². The number of likely N-dealkylation sites (tertiary alicyclic amines) is 1. The Kier molecular flexibility index (Phi) is 6.32. The minimum absolute atomic E-state index is 0.0405. The molecule has 2 aromatic rings. The molecule has 45 heavy (non-hydrogen) atoms. The molecular weight excluding hydrogens is 566 g/mol. The van der Waals surface area contributed by atoms with E-state index in [4.69, 9.17) is 23.7 Å². The van der Waals surface area contributed by atoms with Crippen molar-refractivity contribution >= 4 is 5.97 Å². The highest BCUT2D eigenvalue weighted by atomic mass is 16.6. The lowest BCUT2D eigenvalue weighted by atomic mass is 9.36. The molecule has 8 unspecified atom stereocenters. The number of esters is 1. The van der Waals surface area contributed by atoms with Crippen LogP contribution in [0.5, 0.6) is 11.5 Å². The Hall–Kier alpha value is -2.61. The number of nitrogens with zero attached hydrogens (tertiary/aromatic N) is 1. The third-order valence-corrected chi connectivity index (χ3v) is 13.6. The highest BCUT2D eigenvalue weighted by Crippen LogP contribution is 2.85. The molecule has 0 N–H and O–H groups in total. The number of benzene rings is 2. The van der Waals surface area contributed by atoms with E-state index < -0.39 is 5.60 Å². The van der Waals surface area contributed by atoms with Crippen molar-refractivity contribution in [2.75, 3.05) is 40.5 Å². The number of carbonyl (C=O) groups excluding carboxylic acids is 1. The zero-order valence-electron chi connectivity index (χ0n) is 27.0. The van der Waals surface area contributed by atoms with Gasteiger partial charge in [-0.15, -0.1) is 0 Å². The molecule has 6 aliphatic carbocycles. The van der Waals surface area contributed by atoms with Gasteiger partial charge in [-0.05, 0) is 80.9 Å². The summed E-state index contributed by atoms with van der Waals surface area (Å²) >= 11 is 0. The van der Waals surface area contributed by atoms with Crippen molar-refractivity contribution in [3.05, 3.63) is 59.2 Å². The molecule has 240 valence electrons. The number of hydrogen-bond acceptors (Lipinski definition) is 7. The van der Waals surface area contributed by atoms with E-state index in [0.29, 0.717) is 32.3 Å². The van der Waals surface area contributed by atoms with Crippen LogP contribution in [0.3, 0.4) is 0 Å². The van der Waals surface area contributed by atoms with Crippen molar-refractivity contribution in [3.8, 4) is 11.5 Å². The second-order valence-electron chi connectivity index (χ2n) is 15.3. The van der Waals surface area contributed by atoms with E-state index in [2.05, 4.69) is 41.3 Å². The van der Waals surface area contributed by atoms with Crippen molar-refractivity contribution in [3.63, 3.8) is 0 Å². The van der Waals surface area contributed by atoms with Crippen molar-refractivity contribution in [1.82, 2.24) is 4.90 Å². The summed E-state index contributed by atoms with van der Waals surface area (Å²) in [6.07, 6.45) is 8.10. The monoisotopic (exact) mass is 613 g/mol. The molecule has 7 heteroatoms. The molecule has 10 rings (SSSR count). The molecule has 7 nitrogen and oxygen atoms in total. The fourth-order valence-corrected chi connectivity index (χ4v) is 12.4. The van der Waals surface area contributed by atoms with Gasteiger partial charge in [0, 0.05) is 60.4 Å². The van der Waals surface area contributed by atoms with Gasteiger partial charge in [0.15, 0.2) is 11.5 Å². The summed E-state index contributed by atoms with van der Waals surface area (Å²) in [6, 6.07) is 15.4. The van der Waals surface area contributed by atoms with Gasteiger partial charge >= 0.3 is 5.97 Å². The molecule has 0 radical (unpaired) electrons. The first-order valence-corrected chi connectivity index (χ1v) is 17.4. The van der Waals surface area contributed by atoms with E-state index in [1.807, 2.05) is 20.1 Å². The Morgan fingerprint density at radius 2 is 1.91 bits per heavy atom. The van der Waals surface area contributed by atoms with Crippen LogP contribution in [0.15, 0.2) is 42.5 Å². The van der Waals surface area contributed by atoms with Crippen LogP contribution in [0.1, 0.15) is 68.6 Å². The molecular formula is C38H47NO6. The molecule has 2 aliphatic heterocycles. The van der Waals surface area contributed by atoms with E-state index in [-0.39, 0.29) is 40.2 Å². The largest absolute Gasteiger partial charge is 0.493 e. The standard InChI is InChI=1S/C38H47NO6/c1-4-44-30(40)15-13-27-28(21-43-20-25-8-6-5-7-9-25)38(42-3)17-16-36(27)33-35(23-39(33)19-24-10-11-24)18-26-12-14-29(41-2)32-31(26)37(36,22-35)34(38)45-32/h5-9,12,14,24,27-28,33-34H,4,10-11,13,15-23H2,1-3H3. The van der Waals surface area contributed by atoms with Gasteiger partial charge in [0.25, 0.3) is 0 Å². The number of hydrogen-bond donors (Lipinski definition) is 0. The van der Waals surface area contributed by atoms with Gasteiger partial charge in [0.1, 0.15) is 11.7 Å². The van der Waals surface area contributed by atoms with Crippen LogP contribution in [0, 0.1) is 28.6 Å². The second kappa shape index (κ2) is 9.95.